The molecule has 1 aromatic carbocycles. The average molecular weight is 421 g/mol. The van der Waals surface area contributed by atoms with Gasteiger partial charge < -0.3 is 14.2 Å². The summed E-state index contributed by atoms with van der Waals surface area (Å²) in [6.07, 6.45) is -0.364. The summed E-state index contributed by atoms with van der Waals surface area (Å²) in [5.74, 6) is -0.124. The van der Waals surface area contributed by atoms with Gasteiger partial charge in [-0.15, -0.1) is 0 Å². The van der Waals surface area contributed by atoms with Crippen molar-refractivity contribution in [1.29, 1.82) is 0 Å². The van der Waals surface area contributed by atoms with Gasteiger partial charge >= 0.3 is 12.1 Å². The molecule has 1 unspecified atom stereocenters. The SMILES string of the molecule is COc1ccc(Br)c2c1N(C(=O)OC(C)(C)C)C(C(=O)OCCl)C2. The van der Waals surface area contributed by atoms with Crippen LogP contribution in [0, 0.1) is 0 Å². The van der Waals surface area contributed by atoms with Crippen molar-refractivity contribution in [2.45, 2.75) is 38.8 Å². The highest BCUT2D eigenvalue weighted by molar-refractivity contribution is 9.10. The molecule has 1 amide bonds. The number of carbonyl (C=O) groups is 2. The standard InChI is InChI=1S/C16H19BrClNO5/c1-16(2,3)24-15(21)19-11(14(20)23-8-18)7-9-10(17)5-6-12(22-4)13(9)19/h5-6,11H,7-8H2,1-4H3. The van der Waals surface area contributed by atoms with E-state index in [2.05, 4.69) is 15.9 Å². The lowest BCUT2D eigenvalue weighted by Crippen LogP contribution is -2.46. The van der Waals surface area contributed by atoms with Gasteiger partial charge in [-0.3, -0.25) is 4.90 Å². The predicted molar refractivity (Wildman–Crippen MR) is 93.7 cm³/mol. The summed E-state index contributed by atoms with van der Waals surface area (Å²) in [7, 11) is 1.50. The molecule has 24 heavy (non-hydrogen) atoms. The van der Waals surface area contributed by atoms with Crippen molar-refractivity contribution in [2.24, 2.45) is 0 Å². The summed E-state index contributed by atoms with van der Waals surface area (Å²) >= 11 is 8.95. The van der Waals surface area contributed by atoms with Gasteiger partial charge in [-0.1, -0.05) is 27.5 Å². The molecule has 1 heterocycles. The van der Waals surface area contributed by atoms with Crippen molar-refractivity contribution in [2.75, 3.05) is 18.1 Å². The van der Waals surface area contributed by atoms with Crippen molar-refractivity contribution in [3.8, 4) is 5.75 Å². The highest BCUT2D eigenvalue weighted by Crippen LogP contribution is 2.44. The molecular formula is C16H19BrClNO5. The third-order valence-corrected chi connectivity index (χ3v) is 4.27. The minimum Gasteiger partial charge on any atom is -0.495 e. The Hall–Kier alpha value is -1.47. The smallest absolute Gasteiger partial charge is 0.415 e. The number of fused-ring (bicyclic) bond motifs is 1. The topological polar surface area (TPSA) is 65.1 Å². The summed E-state index contributed by atoms with van der Waals surface area (Å²) in [4.78, 5) is 26.3. The second-order valence-electron chi connectivity index (χ2n) is 6.22. The maximum Gasteiger partial charge on any atom is 0.415 e. The molecule has 0 radical (unpaired) electrons. The Balaban J connectivity index is 2.51. The summed E-state index contributed by atoms with van der Waals surface area (Å²) in [6.45, 7) is 5.27. The van der Waals surface area contributed by atoms with E-state index in [-0.39, 0.29) is 12.5 Å². The number of rotatable bonds is 3. The Bertz CT molecular complexity index is 659. The fourth-order valence-corrected chi connectivity index (χ4v) is 3.11. The number of hydrogen-bond acceptors (Lipinski definition) is 5. The van der Waals surface area contributed by atoms with Crippen molar-refractivity contribution < 1.29 is 23.8 Å². The third-order valence-electron chi connectivity index (χ3n) is 3.42. The maximum atomic E-state index is 12.7. The molecule has 0 spiro atoms. The molecule has 0 bridgehead atoms. The van der Waals surface area contributed by atoms with E-state index in [4.69, 9.17) is 25.8 Å². The van der Waals surface area contributed by atoms with Crippen LogP contribution in [0.15, 0.2) is 16.6 Å². The number of methoxy groups -OCH3 is 1. The molecular weight excluding hydrogens is 402 g/mol. The molecule has 6 nitrogen and oxygen atoms in total. The van der Waals surface area contributed by atoms with E-state index in [1.54, 1.807) is 32.9 Å². The monoisotopic (exact) mass is 419 g/mol. The van der Waals surface area contributed by atoms with Crippen LogP contribution in [0.3, 0.4) is 0 Å². The highest BCUT2D eigenvalue weighted by Gasteiger charge is 2.44. The van der Waals surface area contributed by atoms with Crippen LogP contribution in [-0.2, 0) is 20.7 Å². The summed E-state index contributed by atoms with van der Waals surface area (Å²) in [5.41, 5.74) is 0.564. The second-order valence-corrected chi connectivity index (χ2v) is 7.29. The number of amides is 1. The van der Waals surface area contributed by atoms with Crippen LogP contribution in [-0.4, -0.2) is 36.9 Å². The molecule has 1 aliphatic heterocycles. The molecule has 2 rings (SSSR count). The molecule has 1 aromatic rings. The highest BCUT2D eigenvalue weighted by atomic mass is 79.9. The first-order valence-electron chi connectivity index (χ1n) is 7.29. The number of alkyl halides is 1. The van der Waals surface area contributed by atoms with E-state index in [9.17, 15) is 9.59 Å². The zero-order chi connectivity index (χ0) is 18.1. The fourth-order valence-electron chi connectivity index (χ4n) is 2.52. The Kier molecular flexibility index (Phi) is 5.65. The fraction of sp³-hybridized carbons (Fsp3) is 0.500. The first kappa shape index (κ1) is 18.9. The van der Waals surface area contributed by atoms with Crippen LogP contribution in [0.25, 0.3) is 0 Å². The van der Waals surface area contributed by atoms with Crippen molar-refractivity contribution in [1.82, 2.24) is 0 Å². The Morgan fingerprint density at radius 1 is 1.38 bits per heavy atom. The largest absolute Gasteiger partial charge is 0.495 e. The van der Waals surface area contributed by atoms with Crippen molar-refractivity contribution >= 4 is 45.3 Å². The average Bonchev–Trinajstić information content (AvgIpc) is 2.88. The third kappa shape index (κ3) is 3.78. The Morgan fingerprint density at radius 3 is 2.58 bits per heavy atom. The molecule has 0 fully saturated rings. The van der Waals surface area contributed by atoms with E-state index in [0.29, 0.717) is 11.4 Å². The molecule has 132 valence electrons. The number of halogens is 2. The van der Waals surface area contributed by atoms with Crippen LogP contribution in [0.1, 0.15) is 26.3 Å². The maximum absolute atomic E-state index is 12.7. The molecule has 1 aliphatic rings. The quantitative estimate of drug-likeness (QED) is 0.549. The van der Waals surface area contributed by atoms with E-state index >= 15 is 0 Å². The van der Waals surface area contributed by atoms with Crippen LogP contribution in [0.5, 0.6) is 5.75 Å². The van der Waals surface area contributed by atoms with E-state index in [0.717, 1.165) is 10.0 Å². The zero-order valence-electron chi connectivity index (χ0n) is 13.9. The van der Waals surface area contributed by atoms with Crippen LogP contribution in [0.4, 0.5) is 10.5 Å². The van der Waals surface area contributed by atoms with Gasteiger partial charge in [-0.2, -0.15) is 0 Å². The van der Waals surface area contributed by atoms with Gasteiger partial charge in [0, 0.05) is 10.9 Å². The normalized spacial score (nSPS) is 16.6. The van der Waals surface area contributed by atoms with E-state index < -0.39 is 23.7 Å². The molecule has 0 saturated carbocycles. The van der Waals surface area contributed by atoms with Gasteiger partial charge in [-0.25, -0.2) is 9.59 Å². The van der Waals surface area contributed by atoms with Crippen LogP contribution < -0.4 is 9.64 Å². The van der Waals surface area contributed by atoms with Crippen LogP contribution in [0.2, 0.25) is 0 Å². The van der Waals surface area contributed by atoms with Gasteiger partial charge in [0.05, 0.1) is 12.8 Å². The lowest BCUT2D eigenvalue weighted by molar-refractivity contribution is -0.143. The van der Waals surface area contributed by atoms with Crippen molar-refractivity contribution in [3.63, 3.8) is 0 Å². The van der Waals surface area contributed by atoms with Gasteiger partial charge in [0.2, 0.25) is 0 Å². The summed E-state index contributed by atoms with van der Waals surface area (Å²) in [5, 5.41) is 0. The van der Waals surface area contributed by atoms with Gasteiger partial charge in [0.25, 0.3) is 0 Å². The first-order valence-corrected chi connectivity index (χ1v) is 8.62. The lowest BCUT2D eigenvalue weighted by Gasteiger charge is -2.28. The minimum absolute atomic E-state index is 0.280. The van der Waals surface area contributed by atoms with E-state index in [1.165, 1.54) is 12.0 Å². The van der Waals surface area contributed by atoms with Gasteiger partial charge in [-0.05, 0) is 38.5 Å². The molecule has 0 aromatic heterocycles. The summed E-state index contributed by atoms with van der Waals surface area (Å²) < 4.78 is 16.5. The van der Waals surface area contributed by atoms with E-state index in [1.807, 2.05) is 0 Å². The minimum atomic E-state index is -0.860. The predicted octanol–water partition coefficient (Wildman–Crippen LogP) is 3.86. The molecule has 0 saturated heterocycles. The number of ether oxygens (including phenoxy) is 3. The number of benzene rings is 1. The Morgan fingerprint density at radius 2 is 2.04 bits per heavy atom. The number of hydrogen-bond donors (Lipinski definition) is 0. The number of esters is 1. The van der Waals surface area contributed by atoms with Crippen LogP contribution >= 0.6 is 27.5 Å². The molecule has 0 N–H and O–H groups in total. The first-order chi connectivity index (χ1) is 11.2. The molecule has 1 atom stereocenters. The number of carbonyl (C=O) groups excluding carboxylic acids is 2. The summed E-state index contributed by atoms with van der Waals surface area (Å²) in [6, 6.07) is 2.38. The number of nitrogens with zero attached hydrogens (tertiary/aromatic N) is 1. The second kappa shape index (κ2) is 7.19. The zero-order valence-corrected chi connectivity index (χ0v) is 16.2. The molecule has 0 aliphatic carbocycles. The van der Waals surface area contributed by atoms with Gasteiger partial charge in [0.1, 0.15) is 17.4 Å². The van der Waals surface area contributed by atoms with Gasteiger partial charge in [0.15, 0.2) is 6.07 Å². The lowest BCUT2D eigenvalue weighted by atomic mass is 10.1. The Labute approximate surface area is 154 Å². The van der Waals surface area contributed by atoms with Crippen molar-refractivity contribution in [3.05, 3.63) is 22.2 Å². The molecule has 8 heteroatoms. The number of anilines is 1.